The lowest BCUT2D eigenvalue weighted by Gasteiger charge is -2.32. The maximum Gasteiger partial charge on any atom is 0.254 e. The molecule has 192 valence electrons. The summed E-state index contributed by atoms with van der Waals surface area (Å²) in [5.41, 5.74) is 1.75. The van der Waals surface area contributed by atoms with Gasteiger partial charge in [-0.1, -0.05) is 26.0 Å². The van der Waals surface area contributed by atoms with Crippen molar-refractivity contribution in [3.63, 3.8) is 0 Å². The molecule has 0 radical (unpaired) electrons. The van der Waals surface area contributed by atoms with Gasteiger partial charge in [0.25, 0.3) is 5.91 Å². The molecule has 3 heterocycles. The summed E-state index contributed by atoms with van der Waals surface area (Å²) in [5.74, 6) is -1.06. The number of nitrogens with zero attached hydrogens (tertiary/aromatic N) is 4. The van der Waals surface area contributed by atoms with Crippen LogP contribution < -0.4 is 0 Å². The summed E-state index contributed by atoms with van der Waals surface area (Å²) in [6.45, 7) is 9.36. The van der Waals surface area contributed by atoms with Crippen molar-refractivity contribution in [2.24, 2.45) is 11.8 Å². The molecule has 8 nitrogen and oxygen atoms in total. The molecule has 0 aromatic heterocycles. The number of hydrogen-bond donors (Lipinski definition) is 0. The normalized spacial score (nSPS) is 25.8. The predicted molar refractivity (Wildman–Crippen MR) is 137 cm³/mol. The van der Waals surface area contributed by atoms with Gasteiger partial charge in [-0.3, -0.25) is 14.5 Å². The van der Waals surface area contributed by atoms with Crippen molar-refractivity contribution in [3.8, 4) is 0 Å². The fourth-order valence-electron chi connectivity index (χ4n) is 5.45. The molecule has 3 aliphatic rings. The molecule has 0 spiro atoms. The fourth-order valence-corrected chi connectivity index (χ4v) is 6.62. The Hall–Kier alpha value is -1.39. The van der Waals surface area contributed by atoms with E-state index in [1.54, 1.807) is 4.90 Å². The molecule has 0 saturated carbocycles. The van der Waals surface area contributed by atoms with Gasteiger partial charge in [-0.2, -0.15) is 0 Å². The summed E-state index contributed by atoms with van der Waals surface area (Å²) in [4.78, 5) is 32.8. The van der Waals surface area contributed by atoms with Crippen LogP contribution in [0.15, 0.2) is 24.3 Å². The fraction of sp³-hybridized carbons (Fsp3) is 0.652. The Labute approximate surface area is 215 Å². The van der Waals surface area contributed by atoms with E-state index in [2.05, 4.69) is 16.8 Å². The third-order valence-corrected chi connectivity index (χ3v) is 8.30. The van der Waals surface area contributed by atoms with E-state index in [0.717, 1.165) is 43.3 Å². The largest absolute Gasteiger partial charge is 0.333 e. The Balaban J connectivity index is 0.00000204. The van der Waals surface area contributed by atoms with Crippen LogP contribution in [0.2, 0.25) is 0 Å². The van der Waals surface area contributed by atoms with Crippen LogP contribution >= 0.6 is 24.8 Å². The molecule has 0 N–H and O–H groups in total. The molecule has 4 rings (SSSR count). The number of fused-ring (bicyclic) bond motifs is 1. The predicted octanol–water partition coefficient (Wildman–Crippen LogP) is 1.93. The van der Waals surface area contributed by atoms with Gasteiger partial charge in [0.1, 0.15) is 0 Å². The van der Waals surface area contributed by atoms with Crippen LogP contribution in [0.25, 0.3) is 0 Å². The minimum absolute atomic E-state index is 0. The molecule has 3 fully saturated rings. The topological polar surface area (TPSA) is 81.2 Å². The minimum Gasteiger partial charge on any atom is -0.333 e. The van der Waals surface area contributed by atoms with Crippen molar-refractivity contribution in [1.29, 1.82) is 0 Å². The molecular weight excluding hydrogens is 499 g/mol. The van der Waals surface area contributed by atoms with Crippen LogP contribution in [-0.4, -0.2) is 97.3 Å². The average Bonchev–Trinajstić information content (AvgIpc) is 3.25. The van der Waals surface area contributed by atoms with Crippen molar-refractivity contribution in [2.75, 3.05) is 46.0 Å². The zero-order chi connectivity index (χ0) is 23.2. The summed E-state index contributed by atoms with van der Waals surface area (Å²) in [6, 6.07) is 6.84. The van der Waals surface area contributed by atoms with Gasteiger partial charge >= 0.3 is 0 Å². The first-order valence-electron chi connectivity index (χ1n) is 11.4. The Bertz CT molecular complexity index is 981. The number of rotatable bonds is 5. The van der Waals surface area contributed by atoms with Crippen molar-refractivity contribution in [3.05, 3.63) is 35.4 Å². The number of benzene rings is 1. The Morgan fingerprint density at radius 3 is 2.15 bits per heavy atom. The summed E-state index contributed by atoms with van der Waals surface area (Å²) >= 11 is 0. The van der Waals surface area contributed by atoms with Crippen molar-refractivity contribution < 1.29 is 18.0 Å². The number of amides is 2. The highest BCUT2D eigenvalue weighted by Gasteiger charge is 2.58. The molecular formula is C23H36Cl2N4O4S. The molecule has 0 bridgehead atoms. The number of hydrogen-bond acceptors (Lipinski definition) is 6. The van der Waals surface area contributed by atoms with Gasteiger partial charge in [-0.05, 0) is 37.1 Å². The quantitative estimate of drug-likeness (QED) is 0.574. The van der Waals surface area contributed by atoms with Gasteiger partial charge in [-0.25, -0.2) is 12.7 Å². The van der Waals surface area contributed by atoms with Crippen LogP contribution in [0.1, 0.15) is 36.2 Å². The van der Waals surface area contributed by atoms with E-state index in [1.807, 2.05) is 38.1 Å². The van der Waals surface area contributed by atoms with Gasteiger partial charge < -0.3 is 9.80 Å². The van der Waals surface area contributed by atoms with E-state index in [0.29, 0.717) is 18.5 Å². The lowest BCUT2D eigenvalue weighted by atomic mass is 9.88. The molecule has 11 heteroatoms. The first-order valence-corrected chi connectivity index (χ1v) is 13.3. The lowest BCUT2D eigenvalue weighted by molar-refractivity contribution is -0.129. The lowest BCUT2D eigenvalue weighted by Crippen LogP contribution is -2.44. The molecule has 3 atom stereocenters. The van der Waals surface area contributed by atoms with E-state index in [4.69, 9.17) is 0 Å². The summed E-state index contributed by atoms with van der Waals surface area (Å²) < 4.78 is 25.7. The molecule has 0 unspecified atom stereocenters. The van der Waals surface area contributed by atoms with Gasteiger partial charge in [0, 0.05) is 44.8 Å². The third kappa shape index (κ3) is 5.54. The molecule has 34 heavy (non-hydrogen) atoms. The second-order valence-electron chi connectivity index (χ2n) is 9.79. The SMILES string of the molecule is CC(C)[C@H]1C(=O)N(S(C)(=O)=O)[C@H]2CCN(C(=O)c3ccc(CN4CCN(C)CC4)cc3)[C@H]12.Cl.Cl. The summed E-state index contributed by atoms with van der Waals surface area (Å²) in [5, 5.41) is 0. The van der Waals surface area contributed by atoms with Gasteiger partial charge in [-0.15, -0.1) is 24.8 Å². The van der Waals surface area contributed by atoms with Crippen LogP contribution in [0, 0.1) is 11.8 Å². The van der Waals surface area contributed by atoms with E-state index >= 15 is 0 Å². The smallest absolute Gasteiger partial charge is 0.254 e. The van der Waals surface area contributed by atoms with Gasteiger partial charge in [0.15, 0.2) is 0 Å². The van der Waals surface area contributed by atoms with Crippen LogP contribution in [0.3, 0.4) is 0 Å². The summed E-state index contributed by atoms with van der Waals surface area (Å²) in [6.07, 6.45) is 1.56. The van der Waals surface area contributed by atoms with Gasteiger partial charge in [0.05, 0.1) is 24.3 Å². The number of carbonyl (C=O) groups is 2. The Kier molecular flexibility index (Phi) is 9.43. The van der Waals surface area contributed by atoms with Crippen molar-refractivity contribution in [2.45, 2.75) is 38.9 Å². The van der Waals surface area contributed by atoms with Crippen LogP contribution in [0.4, 0.5) is 0 Å². The number of sulfonamides is 1. The number of likely N-dealkylation sites (tertiary alicyclic amines) is 1. The zero-order valence-corrected chi connectivity index (χ0v) is 22.7. The highest BCUT2D eigenvalue weighted by atomic mass is 35.5. The van der Waals surface area contributed by atoms with Gasteiger partial charge in [0.2, 0.25) is 15.9 Å². The minimum atomic E-state index is -3.67. The first kappa shape index (κ1) is 28.8. The second-order valence-corrected chi connectivity index (χ2v) is 11.6. The number of halogens is 2. The molecule has 1 aromatic rings. The van der Waals surface area contributed by atoms with Crippen LogP contribution in [0.5, 0.6) is 0 Å². The second kappa shape index (κ2) is 11.1. The van der Waals surface area contributed by atoms with Crippen LogP contribution in [-0.2, 0) is 21.4 Å². The van der Waals surface area contributed by atoms with E-state index in [-0.39, 0.29) is 42.5 Å². The molecule has 1 aromatic carbocycles. The first-order chi connectivity index (χ1) is 15.1. The average molecular weight is 536 g/mol. The van der Waals surface area contributed by atoms with E-state index in [1.165, 1.54) is 5.56 Å². The van der Waals surface area contributed by atoms with E-state index in [9.17, 15) is 18.0 Å². The zero-order valence-electron chi connectivity index (χ0n) is 20.2. The monoisotopic (exact) mass is 534 g/mol. The molecule has 3 saturated heterocycles. The number of piperazine rings is 1. The van der Waals surface area contributed by atoms with E-state index < -0.39 is 28.0 Å². The molecule has 2 amide bonds. The molecule has 3 aliphatic heterocycles. The van der Waals surface area contributed by atoms with Crippen molar-refractivity contribution >= 4 is 46.7 Å². The number of carbonyl (C=O) groups excluding carboxylic acids is 2. The Morgan fingerprint density at radius 1 is 1.03 bits per heavy atom. The highest BCUT2D eigenvalue weighted by Crippen LogP contribution is 2.41. The number of likely N-dealkylation sites (N-methyl/N-ethyl adjacent to an activating group) is 1. The van der Waals surface area contributed by atoms with Crippen molar-refractivity contribution in [1.82, 2.24) is 19.0 Å². The highest BCUT2D eigenvalue weighted by molar-refractivity contribution is 7.88. The maximum atomic E-state index is 13.4. The third-order valence-electron chi connectivity index (χ3n) is 7.13. The summed E-state index contributed by atoms with van der Waals surface area (Å²) in [7, 11) is -1.53. The molecule has 0 aliphatic carbocycles. The maximum absolute atomic E-state index is 13.4. The Morgan fingerprint density at radius 2 is 1.62 bits per heavy atom. The standard InChI is InChI=1S/C23H34N4O4S.2ClH/c1-16(2)20-21-19(27(23(20)29)32(4,30)31)9-10-26(21)22(28)18-7-5-17(6-8-18)15-25-13-11-24(3)12-14-25;;/h5-8,16,19-21H,9-15H2,1-4H3;2*1H/t19-,20+,21-;;/m0../s1.